The van der Waals surface area contributed by atoms with Gasteiger partial charge in [-0.05, 0) is 39.2 Å². The molecule has 0 saturated carbocycles. The summed E-state index contributed by atoms with van der Waals surface area (Å²) >= 11 is 0. The Morgan fingerprint density at radius 3 is 2.67 bits per heavy atom. The molecule has 5 nitrogen and oxygen atoms in total. The predicted molar refractivity (Wildman–Crippen MR) is 64.5 cm³/mol. The number of furan rings is 1. The number of hydrogen-bond donors (Lipinski definition) is 1. The van der Waals surface area contributed by atoms with Gasteiger partial charge in [0.2, 0.25) is 0 Å². The Morgan fingerprint density at radius 1 is 1.39 bits per heavy atom. The number of carboxylic acid groups (broad SMARTS) is 1. The van der Waals surface area contributed by atoms with Crippen molar-refractivity contribution in [2.75, 3.05) is 6.54 Å². The number of aryl methyl sites for hydroxylation is 2. The van der Waals surface area contributed by atoms with E-state index in [1.54, 1.807) is 19.9 Å². The normalized spacial score (nSPS) is 19.9. The number of carboxylic acids is 1. The van der Waals surface area contributed by atoms with E-state index in [0.29, 0.717) is 30.0 Å². The first kappa shape index (κ1) is 12.7. The van der Waals surface area contributed by atoms with Crippen molar-refractivity contribution < 1.29 is 19.1 Å². The average Bonchev–Trinajstić information content (AvgIpc) is 2.67. The van der Waals surface area contributed by atoms with Gasteiger partial charge < -0.3 is 14.4 Å². The minimum absolute atomic E-state index is 0.239. The standard InChI is InChI=1S/C13H17NO4/c1-8-7-10(9(2)18-8)12(15)14-6-4-3-5-11(14)13(16)17/h7,11H,3-6H2,1-2H3,(H,16,17)/t11-/m1/s1. The third-order valence-electron chi connectivity index (χ3n) is 3.32. The number of nitrogens with zero attached hydrogens (tertiary/aromatic N) is 1. The summed E-state index contributed by atoms with van der Waals surface area (Å²) in [6.45, 7) is 3.99. The van der Waals surface area contributed by atoms with Crippen molar-refractivity contribution in [3.63, 3.8) is 0 Å². The van der Waals surface area contributed by atoms with Crippen LogP contribution in [-0.2, 0) is 4.79 Å². The van der Waals surface area contributed by atoms with E-state index >= 15 is 0 Å². The lowest BCUT2D eigenvalue weighted by Gasteiger charge is -2.32. The maximum atomic E-state index is 12.4. The molecule has 1 N–H and O–H groups in total. The van der Waals surface area contributed by atoms with Crippen molar-refractivity contribution in [1.82, 2.24) is 4.90 Å². The van der Waals surface area contributed by atoms with Gasteiger partial charge in [0.25, 0.3) is 5.91 Å². The Morgan fingerprint density at radius 2 is 2.11 bits per heavy atom. The minimum Gasteiger partial charge on any atom is -0.480 e. The van der Waals surface area contributed by atoms with Crippen LogP contribution in [0.25, 0.3) is 0 Å². The topological polar surface area (TPSA) is 70.8 Å². The first-order valence-electron chi connectivity index (χ1n) is 6.11. The molecule has 1 fully saturated rings. The molecule has 2 heterocycles. The summed E-state index contributed by atoms with van der Waals surface area (Å²) < 4.78 is 5.33. The molecule has 1 amide bonds. The third-order valence-corrected chi connectivity index (χ3v) is 3.32. The van der Waals surface area contributed by atoms with Gasteiger partial charge in [0.15, 0.2) is 0 Å². The van der Waals surface area contributed by atoms with Crippen LogP contribution in [-0.4, -0.2) is 34.5 Å². The van der Waals surface area contributed by atoms with Crippen molar-refractivity contribution in [2.45, 2.75) is 39.2 Å². The fourth-order valence-electron chi connectivity index (χ4n) is 2.43. The lowest BCUT2D eigenvalue weighted by molar-refractivity contribution is -0.143. The van der Waals surface area contributed by atoms with Crippen LogP contribution in [0.4, 0.5) is 0 Å². The molecule has 98 valence electrons. The summed E-state index contributed by atoms with van der Waals surface area (Å²) in [6.07, 6.45) is 2.23. The number of hydrogen-bond acceptors (Lipinski definition) is 3. The van der Waals surface area contributed by atoms with Gasteiger partial charge in [-0.15, -0.1) is 0 Å². The molecule has 2 rings (SSSR count). The quantitative estimate of drug-likeness (QED) is 0.872. The summed E-state index contributed by atoms with van der Waals surface area (Å²) in [5.74, 6) is 0.0457. The molecule has 18 heavy (non-hydrogen) atoms. The number of piperidine rings is 1. The Balaban J connectivity index is 2.26. The number of amides is 1. The highest BCUT2D eigenvalue weighted by molar-refractivity contribution is 5.97. The maximum absolute atomic E-state index is 12.4. The van der Waals surface area contributed by atoms with E-state index in [1.807, 2.05) is 0 Å². The summed E-state index contributed by atoms with van der Waals surface area (Å²) in [4.78, 5) is 25.0. The zero-order valence-electron chi connectivity index (χ0n) is 10.6. The molecular weight excluding hydrogens is 234 g/mol. The molecule has 0 radical (unpaired) electrons. The highest BCUT2D eigenvalue weighted by atomic mass is 16.4. The van der Waals surface area contributed by atoms with Gasteiger partial charge >= 0.3 is 5.97 Å². The molecule has 1 saturated heterocycles. The summed E-state index contributed by atoms with van der Waals surface area (Å²) in [6, 6.07) is 0.964. The van der Waals surface area contributed by atoms with Gasteiger partial charge in [0.05, 0.1) is 5.56 Å². The summed E-state index contributed by atoms with van der Waals surface area (Å²) in [5.41, 5.74) is 0.473. The molecule has 0 unspecified atom stereocenters. The van der Waals surface area contributed by atoms with E-state index in [9.17, 15) is 9.59 Å². The van der Waals surface area contributed by atoms with Crippen LogP contribution in [0.15, 0.2) is 10.5 Å². The van der Waals surface area contributed by atoms with Gasteiger partial charge in [-0.1, -0.05) is 0 Å². The van der Waals surface area contributed by atoms with E-state index in [1.165, 1.54) is 4.90 Å². The second-order valence-corrected chi connectivity index (χ2v) is 4.68. The van der Waals surface area contributed by atoms with Crippen molar-refractivity contribution in [3.8, 4) is 0 Å². The molecular formula is C13H17NO4. The molecule has 1 aromatic heterocycles. The van der Waals surface area contributed by atoms with E-state index in [0.717, 1.165) is 12.8 Å². The highest BCUT2D eigenvalue weighted by Crippen LogP contribution is 2.22. The zero-order valence-corrected chi connectivity index (χ0v) is 10.6. The number of aliphatic carboxylic acids is 1. The molecule has 1 atom stereocenters. The van der Waals surface area contributed by atoms with Gasteiger partial charge in [-0.2, -0.15) is 0 Å². The van der Waals surface area contributed by atoms with E-state index in [2.05, 4.69) is 0 Å². The maximum Gasteiger partial charge on any atom is 0.326 e. The van der Waals surface area contributed by atoms with Crippen LogP contribution in [0.1, 0.15) is 41.1 Å². The fraction of sp³-hybridized carbons (Fsp3) is 0.538. The second-order valence-electron chi connectivity index (χ2n) is 4.68. The number of carbonyl (C=O) groups is 2. The smallest absolute Gasteiger partial charge is 0.326 e. The number of rotatable bonds is 2. The van der Waals surface area contributed by atoms with Crippen LogP contribution >= 0.6 is 0 Å². The average molecular weight is 251 g/mol. The zero-order chi connectivity index (χ0) is 13.3. The molecule has 1 aliphatic heterocycles. The SMILES string of the molecule is Cc1cc(C(=O)N2CCCC[C@@H]2C(=O)O)c(C)o1. The van der Waals surface area contributed by atoms with Crippen molar-refractivity contribution in [2.24, 2.45) is 0 Å². The van der Waals surface area contributed by atoms with Crippen LogP contribution in [0.3, 0.4) is 0 Å². The van der Waals surface area contributed by atoms with Gasteiger partial charge in [-0.25, -0.2) is 4.79 Å². The first-order chi connectivity index (χ1) is 8.50. The van der Waals surface area contributed by atoms with Gasteiger partial charge in [0, 0.05) is 6.54 Å². The molecule has 0 aliphatic carbocycles. The molecule has 0 spiro atoms. The monoisotopic (exact) mass is 251 g/mol. The Hall–Kier alpha value is -1.78. The number of likely N-dealkylation sites (tertiary alicyclic amines) is 1. The third kappa shape index (κ3) is 2.25. The first-order valence-corrected chi connectivity index (χ1v) is 6.11. The lowest BCUT2D eigenvalue weighted by atomic mass is 10.0. The number of carbonyl (C=O) groups excluding carboxylic acids is 1. The summed E-state index contributed by atoms with van der Waals surface area (Å²) in [7, 11) is 0. The van der Waals surface area contributed by atoms with E-state index < -0.39 is 12.0 Å². The Kier molecular flexibility index (Phi) is 3.41. The van der Waals surface area contributed by atoms with E-state index in [-0.39, 0.29) is 5.91 Å². The van der Waals surface area contributed by atoms with Gasteiger partial charge in [0.1, 0.15) is 17.6 Å². The fourth-order valence-corrected chi connectivity index (χ4v) is 2.43. The van der Waals surface area contributed by atoms with Crippen LogP contribution in [0, 0.1) is 13.8 Å². The van der Waals surface area contributed by atoms with Crippen molar-refractivity contribution in [3.05, 3.63) is 23.2 Å². The van der Waals surface area contributed by atoms with E-state index in [4.69, 9.17) is 9.52 Å². The predicted octanol–water partition coefficient (Wildman–Crippen LogP) is 1.98. The minimum atomic E-state index is -0.930. The van der Waals surface area contributed by atoms with Crippen molar-refractivity contribution >= 4 is 11.9 Å². The molecule has 0 aromatic carbocycles. The molecule has 1 aliphatic rings. The molecule has 5 heteroatoms. The Bertz CT molecular complexity index is 477. The molecule has 0 bridgehead atoms. The van der Waals surface area contributed by atoms with Crippen molar-refractivity contribution in [1.29, 1.82) is 0 Å². The highest BCUT2D eigenvalue weighted by Gasteiger charge is 2.33. The summed E-state index contributed by atoms with van der Waals surface area (Å²) in [5, 5.41) is 9.16. The lowest BCUT2D eigenvalue weighted by Crippen LogP contribution is -2.48. The second kappa shape index (κ2) is 4.84. The largest absolute Gasteiger partial charge is 0.480 e. The molecule has 1 aromatic rings. The Labute approximate surface area is 105 Å². The van der Waals surface area contributed by atoms with Crippen LogP contribution in [0.5, 0.6) is 0 Å². The van der Waals surface area contributed by atoms with Crippen LogP contribution in [0.2, 0.25) is 0 Å². The van der Waals surface area contributed by atoms with Crippen LogP contribution < -0.4 is 0 Å². The van der Waals surface area contributed by atoms with Gasteiger partial charge in [-0.3, -0.25) is 4.79 Å².